The van der Waals surface area contributed by atoms with E-state index in [0.29, 0.717) is 11.6 Å². The number of carbonyl (C=O) groups is 1. The molecular weight excluding hydrogens is 240 g/mol. The number of nitrogen functional groups attached to an aromatic ring is 1. The molecule has 1 aromatic carbocycles. The molecule has 102 valence electrons. The fourth-order valence-corrected chi connectivity index (χ4v) is 2.43. The van der Waals surface area contributed by atoms with Crippen LogP contribution in [0.4, 0.5) is 5.69 Å². The Bertz CT molecular complexity index is 468. The third-order valence-corrected chi connectivity index (χ3v) is 3.71. The molecule has 19 heavy (non-hydrogen) atoms. The molecule has 0 aromatic heterocycles. The summed E-state index contributed by atoms with van der Waals surface area (Å²) in [6.45, 7) is 2.82. The average molecular weight is 260 g/mol. The van der Waals surface area contributed by atoms with Crippen molar-refractivity contribution in [2.24, 2.45) is 5.92 Å². The Morgan fingerprint density at radius 3 is 2.79 bits per heavy atom. The molecule has 2 rings (SSSR count). The van der Waals surface area contributed by atoms with Crippen molar-refractivity contribution >= 4 is 17.7 Å². The largest absolute Gasteiger partial charge is 0.399 e. The minimum atomic E-state index is -0.0523. The molecule has 0 spiro atoms. The van der Waals surface area contributed by atoms with Gasteiger partial charge in [0.05, 0.1) is 12.6 Å². The van der Waals surface area contributed by atoms with E-state index in [1.807, 2.05) is 12.1 Å². The Balaban J connectivity index is 2.02. The van der Waals surface area contributed by atoms with Crippen molar-refractivity contribution in [2.75, 3.05) is 18.9 Å². The number of nitrogens with zero attached hydrogens (tertiary/aromatic N) is 1. The van der Waals surface area contributed by atoms with Crippen LogP contribution in [0.5, 0.6) is 0 Å². The van der Waals surface area contributed by atoms with Crippen LogP contribution >= 0.6 is 0 Å². The summed E-state index contributed by atoms with van der Waals surface area (Å²) in [5, 5.41) is 9.34. The fourth-order valence-electron chi connectivity index (χ4n) is 2.43. The smallest absolute Gasteiger partial charge is 0.246 e. The molecule has 1 saturated heterocycles. The lowest BCUT2D eigenvalue weighted by Crippen LogP contribution is -2.38. The summed E-state index contributed by atoms with van der Waals surface area (Å²) in [5.41, 5.74) is 7.25. The molecule has 1 fully saturated rings. The van der Waals surface area contributed by atoms with Gasteiger partial charge in [-0.2, -0.15) is 0 Å². The lowest BCUT2D eigenvalue weighted by atomic mass is 10.0. The van der Waals surface area contributed by atoms with E-state index in [0.717, 1.165) is 18.5 Å². The molecule has 4 heteroatoms. The summed E-state index contributed by atoms with van der Waals surface area (Å²) in [6.07, 6.45) is 4.29. The summed E-state index contributed by atoms with van der Waals surface area (Å²) in [5.74, 6) is 0.319. The number of likely N-dealkylation sites (tertiary alicyclic amines) is 1. The first-order valence-corrected chi connectivity index (χ1v) is 6.57. The Labute approximate surface area is 113 Å². The van der Waals surface area contributed by atoms with Gasteiger partial charge in [-0.15, -0.1) is 0 Å². The van der Waals surface area contributed by atoms with Crippen LogP contribution in [0.1, 0.15) is 18.9 Å². The van der Waals surface area contributed by atoms with Crippen molar-refractivity contribution in [3.8, 4) is 0 Å². The molecule has 0 aliphatic carbocycles. The summed E-state index contributed by atoms with van der Waals surface area (Å²) in [4.78, 5) is 13.9. The van der Waals surface area contributed by atoms with E-state index in [2.05, 4.69) is 6.92 Å². The van der Waals surface area contributed by atoms with Gasteiger partial charge in [0, 0.05) is 18.3 Å². The van der Waals surface area contributed by atoms with Gasteiger partial charge in [-0.05, 0) is 36.1 Å². The first kappa shape index (κ1) is 13.6. The van der Waals surface area contributed by atoms with Crippen LogP contribution in [0, 0.1) is 5.92 Å². The number of hydrogen-bond acceptors (Lipinski definition) is 3. The normalized spacial score (nSPS) is 23.2. The average Bonchev–Trinajstić information content (AvgIpc) is 2.79. The van der Waals surface area contributed by atoms with Crippen LogP contribution in [0.3, 0.4) is 0 Å². The third-order valence-electron chi connectivity index (χ3n) is 3.71. The molecule has 3 N–H and O–H groups in total. The highest BCUT2D eigenvalue weighted by Crippen LogP contribution is 2.23. The zero-order valence-electron chi connectivity index (χ0n) is 11.1. The first-order chi connectivity index (χ1) is 9.11. The number of amides is 1. The molecule has 1 aromatic rings. The van der Waals surface area contributed by atoms with E-state index in [4.69, 9.17) is 5.73 Å². The molecule has 0 bridgehead atoms. The molecule has 0 saturated carbocycles. The molecule has 1 aliphatic heterocycles. The molecular formula is C15H20N2O2. The van der Waals surface area contributed by atoms with Gasteiger partial charge in [0.2, 0.25) is 5.91 Å². The van der Waals surface area contributed by atoms with Gasteiger partial charge in [-0.25, -0.2) is 0 Å². The van der Waals surface area contributed by atoms with Gasteiger partial charge in [-0.3, -0.25) is 4.79 Å². The predicted molar refractivity (Wildman–Crippen MR) is 76.3 cm³/mol. The highest BCUT2D eigenvalue weighted by molar-refractivity contribution is 5.92. The van der Waals surface area contributed by atoms with Crippen molar-refractivity contribution in [2.45, 2.75) is 19.4 Å². The predicted octanol–water partition coefficient (Wildman–Crippen LogP) is 1.51. The van der Waals surface area contributed by atoms with Crippen molar-refractivity contribution in [1.82, 2.24) is 4.90 Å². The minimum absolute atomic E-state index is 0.0304. The second-order valence-electron chi connectivity index (χ2n) is 5.05. The lowest BCUT2D eigenvalue weighted by Gasteiger charge is -2.23. The molecule has 4 nitrogen and oxygen atoms in total. The standard InChI is InChI=1S/C15H20N2O2/c1-11-8-9-17(14(11)10-18)15(19)7-4-12-2-5-13(16)6-3-12/h2-7,11,14,18H,8-10,16H2,1H3/b7-4+. The fraction of sp³-hybridized carbons (Fsp3) is 0.400. The summed E-state index contributed by atoms with van der Waals surface area (Å²) in [7, 11) is 0. The zero-order chi connectivity index (χ0) is 13.8. The molecule has 1 aliphatic rings. The van der Waals surface area contributed by atoms with Crippen LogP contribution in [0.15, 0.2) is 30.3 Å². The van der Waals surface area contributed by atoms with Gasteiger partial charge in [0.1, 0.15) is 0 Å². The number of aliphatic hydroxyl groups is 1. The third kappa shape index (κ3) is 3.15. The van der Waals surface area contributed by atoms with E-state index in [-0.39, 0.29) is 18.6 Å². The Morgan fingerprint density at radius 1 is 1.47 bits per heavy atom. The SMILES string of the molecule is CC1CCN(C(=O)/C=C/c2ccc(N)cc2)C1CO. The monoisotopic (exact) mass is 260 g/mol. The van der Waals surface area contributed by atoms with E-state index in [1.54, 1.807) is 29.2 Å². The number of rotatable bonds is 3. The van der Waals surface area contributed by atoms with E-state index >= 15 is 0 Å². The van der Waals surface area contributed by atoms with E-state index in [9.17, 15) is 9.90 Å². The van der Waals surface area contributed by atoms with Crippen LogP contribution in [-0.4, -0.2) is 35.1 Å². The van der Waals surface area contributed by atoms with Gasteiger partial charge in [0.25, 0.3) is 0 Å². The second-order valence-corrected chi connectivity index (χ2v) is 5.05. The highest BCUT2D eigenvalue weighted by Gasteiger charge is 2.32. The van der Waals surface area contributed by atoms with Gasteiger partial charge in [-0.1, -0.05) is 19.1 Å². The van der Waals surface area contributed by atoms with Crippen molar-refractivity contribution in [3.05, 3.63) is 35.9 Å². The number of nitrogens with two attached hydrogens (primary N) is 1. The Hall–Kier alpha value is -1.81. The van der Waals surface area contributed by atoms with Crippen LogP contribution in [0.2, 0.25) is 0 Å². The van der Waals surface area contributed by atoms with Crippen molar-refractivity contribution in [3.63, 3.8) is 0 Å². The van der Waals surface area contributed by atoms with E-state index in [1.165, 1.54) is 0 Å². The summed E-state index contributed by atoms with van der Waals surface area (Å²) >= 11 is 0. The minimum Gasteiger partial charge on any atom is -0.399 e. The van der Waals surface area contributed by atoms with Gasteiger partial charge < -0.3 is 15.7 Å². The maximum atomic E-state index is 12.1. The number of hydrogen-bond donors (Lipinski definition) is 2. The molecule has 1 amide bonds. The molecule has 2 atom stereocenters. The Kier molecular flexibility index (Phi) is 4.22. The summed E-state index contributed by atoms with van der Waals surface area (Å²) in [6, 6.07) is 7.30. The molecule has 2 unspecified atom stereocenters. The van der Waals surface area contributed by atoms with Gasteiger partial charge >= 0.3 is 0 Å². The molecule has 0 radical (unpaired) electrons. The maximum Gasteiger partial charge on any atom is 0.246 e. The van der Waals surface area contributed by atoms with Crippen LogP contribution < -0.4 is 5.73 Å². The number of carbonyl (C=O) groups excluding carboxylic acids is 1. The van der Waals surface area contributed by atoms with Crippen LogP contribution in [0.25, 0.3) is 6.08 Å². The lowest BCUT2D eigenvalue weighted by molar-refractivity contribution is -0.127. The Morgan fingerprint density at radius 2 is 2.16 bits per heavy atom. The highest BCUT2D eigenvalue weighted by atomic mass is 16.3. The van der Waals surface area contributed by atoms with Crippen LogP contribution in [-0.2, 0) is 4.79 Å². The maximum absolute atomic E-state index is 12.1. The zero-order valence-corrected chi connectivity index (χ0v) is 11.1. The molecule has 1 heterocycles. The number of benzene rings is 1. The van der Waals surface area contributed by atoms with Gasteiger partial charge in [0.15, 0.2) is 0 Å². The number of aliphatic hydroxyl groups excluding tert-OH is 1. The summed E-state index contributed by atoms with van der Waals surface area (Å²) < 4.78 is 0. The topological polar surface area (TPSA) is 66.6 Å². The first-order valence-electron chi connectivity index (χ1n) is 6.57. The van der Waals surface area contributed by atoms with Crippen molar-refractivity contribution < 1.29 is 9.90 Å². The second kappa shape index (κ2) is 5.89. The van der Waals surface area contributed by atoms with Crippen molar-refractivity contribution in [1.29, 1.82) is 0 Å². The quantitative estimate of drug-likeness (QED) is 0.639. The number of anilines is 1. The van der Waals surface area contributed by atoms with E-state index < -0.39 is 0 Å².